The maximum absolute atomic E-state index is 11.8. The van der Waals surface area contributed by atoms with Crippen LogP contribution >= 0.6 is 0 Å². The van der Waals surface area contributed by atoms with E-state index in [9.17, 15) is 14.4 Å². The molecule has 0 unspecified atom stereocenters. The number of nitrogens with zero attached hydrogens (tertiary/aromatic N) is 5. The van der Waals surface area contributed by atoms with Crippen LogP contribution in [-0.2, 0) is 23.9 Å². The lowest BCUT2D eigenvalue weighted by atomic mass is 10.2. The zero-order chi connectivity index (χ0) is 24.2. The molecule has 12 nitrogen and oxygen atoms in total. The first-order chi connectivity index (χ1) is 16.5. The van der Waals surface area contributed by atoms with Crippen molar-refractivity contribution in [3.05, 3.63) is 42.2 Å². The lowest BCUT2D eigenvalue weighted by Crippen LogP contribution is -2.35. The van der Waals surface area contributed by atoms with Crippen molar-refractivity contribution in [3.8, 4) is 17.1 Å². The number of carbonyl (C=O) groups excluding carboxylic acids is 3. The molecule has 1 aliphatic rings. The van der Waals surface area contributed by atoms with Crippen molar-refractivity contribution in [2.45, 2.75) is 13.3 Å². The van der Waals surface area contributed by atoms with Gasteiger partial charge in [0.15, 0.2) is 5.82 Å². The van der Waals surface area contributed by atoms with E-state index in [0.29, 0.717) is 57.0 Å². The molecule has 0 radical (unpaired) electrons. The van der Waals surface area contributed by atoms with Gasteiger partial charge >= 0.3 is 0 Å². The topological polar surface area (TPSA) is 146 Å². The smallest absolute Gasteiger partial charge is 0.253 e. The highest BCUT2D eigenvalue weighted by atomic mass is 16.5. The van der Waals surface area contributed by atoms with E-state index in [1.807, 2.05) is 24.3 Å². The molecule has 0 fully saturated rings. The fraction of sp³-hybridized carbons (Fsp3) is 0.409. The van der Waals surface area contributed by atoms with Crippen molar-refractivity contribution in [2.24, 2.45) is 0 Å². The fourth-order valence-electron chi connectivity index (χ4n) is 2.85. The zero-order valence-electron chi connectivity index (χ0n) is 18.8. The third kappa shape index (κ3) is 7.98. The molecule has 1 aromatic heterocycles. The Hall–Kier alpha value is -3.77. The molecule has 12 heteroatoms. The van der Waals surface area contributed by atoms with Crippen molar-refractivity contribution in [3.63, 3.8) is 0 Å². The van der Waals surface area contributed by atoms with Crippen molar-refractivity contribution in [1.82, 2.24) is 30.6 Å². The van der Waals surface area contributed by atoms with Crippen LogP contribution in [0.5, 0.6) is 5.75 Å². The molecule has 3 amide bonds. The summed E-state index contributed by atoms with van der Waals surface area (Å²) in [4.78, 5) is 35.6. The summed E-state index contributed by atoms with van der Waals surface area (Å²) in [6.07, 6.45) is 2.44. The summed E-state index contributed by atoms with van der Waals surface area (Å²) in [7, 11) is 0. The number of aromatic nitrogens is 4. The Bertz CT molecular complexity index is 978. The molecular formula is C22H26N6O6. The fourth-order valence-corrected chi connectivity index (χ4v) is 2.85. The summed E-state index contributed by atoms with van der Waals surface area (Å²) in [5.41, 5.74) is 0.797. The maximum atomic E-state index is 11.8. The molecule has 0 spiro atoms. The molecular weight excluding hydrogens is 444 g/mol. The highest BCUT2D eigenvalue weighted by Gasteiger charge is 2.23. The molecule has 2 aromatic rings. The van der Waals surface area contributed by atoms with Gasteiger partial charge in [0.2, 0.25) is 11.7 Å². The summed E-state index contributed by atoms with van der Waals surface area (Å²) in [5, 5.41) is 18.4. The van der Waals surface area contributed by atoms with E-state index in [4.69, 9.17) is 14.2 Å². The van der Waals surface area contributed by atoms with Crippen LogP contribution in [0.2, 0.25) is 0 Å². The van der Waals surface area contributed by atoms with Crippen molar-refractivity contribution < 1.29 is 28.6 Å². The summed E-state index contributed by atoms with van der Waals surface area (Å²) in [6, 6.07) is 7.29. The van der Waals surface area contributed by atoms with Gasteiger partial charge in [-0.05, 0) is 31.2 Å². The number of aryl methyl sites for hydroxylation is 1. The lowest BCUT2D eigenvalue weighted by molar-refractivity contribution is -0.137. The average molecular weight is 470 g/mol. The Morgan fingerprint density at radius 2 is 1.50 bits per heavy atom. The number of rotatable bonds is 14. The summed E-state index contributed by atoms with van der Waals surface area (Å²) >= 11 is 0. The van der Waals surface area contributed by atoms with E-state index in [0.717, 1.165) is 10.5 Å². The second-order valence-corrected chi connectivity index (χ2v) is 7.13. The number of hydrogen-bond donors (Lipinski definition) is 1. The van der Waals surface area contributed by atoms with Crippen LogP contribution in [0.15, 0.2) is 36.4 Å². The highest BCUT2D eigenvalue weighted by molar-refractivity contribution is 6.13. The molecule has 2 heterocycles. The molecule has 1 aliphatic heterocycles. The number of carbonyl (C=O) groups is 3. The lowest BCUT2D eigenvalue weighted by Gasteiger charge is -2.13. The quantitative estimate of drug-likeness (QED) is 0.298. The first-order valence-corrected chi connectivity index (χ1v) is 10.8. The second kappa shape index (κ2) is 13.1. The maximum Gasteiger partial charge on any atom is 0.253 e. The van der Waals surface area contributed by atoms with E-state index in [-0.39, 0.29) is 18.9 Å². The van der Waals surface area contributed by atoms with E-state index >= 15 is 0 Å². The largest absolute Gasteiger partial charge is 0.491 e. The number of hydrogen-bond acceptors (Lipinski definition) is 10. The van der Waals surface area contributed by atoms with Gasteiger partial charge in [-0.15, -0.1) is 20.4 Å². The molecule has 0 bridgehead atoms. The Balaban J connectivity index is 1.16. The first-order valence-electron chi connectivity index (χ1n) is 10.8. The minimum absolute atomic E-state index is 0.0547. The van der Waals surface area contributed by atoms with Gasteiger partial charge in [-0.25, -0.2) is 0 Å². The Morgan fingerprint density at radius 3 is 2.18 bits per heavy atom. The van der Waals surface area contributed by atoms with Crippen LogP contribution in [0.1, 0.15) is 12.2 Å². The molecule has 34 heavy (non-hydrogen) atoms. The monoisotopic (exact) mass is 470 g/mol. The minimum atomic E-state index is -0.395. The Morgan fingerprint density at radius 1 is 0.882 bits per heavy atom. The van der Waals surface area contributed by atoms with Gasteiger partial charge in [-0.3, -0.25) is 19.3 Å². The van der Waals surface area contributed by atoms with Crippen LogP contribution < -0.4 is 10.1 Å². The summed E-state index contributed by atoms with van der Waals surface area (Å²) in [5.74, 6) is 0.620. The van der Waals surface area contributed by atoms with Crippen molar-refractivity contribution in [1.29, 1.82) is 0 Å². The molecule has 1 aromatic carbocycles. The number of ether oxygens (including phenoxy) is 3. The van der Waals surface area contributed by atoms with E-state index in [2.05, 4.69) is 25.7 Å². The normalized spacial score (nSPS) is 12.9. The molecule has 3 rings (SSSR count). The van der Waals surface area contributed by atoms with Gasteiger partial charge in [-0.1, -0.05) is 0 Å². The number of benzene rings is 1. The molecule has 1 N–H and O–H groups in total. The van der Waals surface area contributed by atoms with Gasteiger partial charge in [0.25, 0.3) is 11.8 Å². The predicted molar refractivity (Wildman–Crippen MR) is 118 cm³/mol. The molecule has 0 saturated carbocycles. The van der Waals surface area contributed by atoms with Crippen LogP contribution in [0.25, 0.3) is 11.4 Å². The van der Waals surface area contributed by atoms with Crippen LogP contribution in [0, 0.1) is 6.92 Å². The molecule has 0 atom stereocenters. The molecule has 180 valence electrons. The van der Waals surface area contributed by atoms with Gasteiger partial charge in [0.05, 0.1) is 26.4 Å². The third-order valence-electron chi connectivity index (χ3n) is 4.59. The summed E-state index contributed by atoms with van der Waals surface area (Å²) < 4.78 is 16.5. The summed E-state index contributed by atoms with van der Waals surface area (Å²) in [6.45, 7) is 4.01. The van der Waals surface area contributed by atoms with Gasteiger partial charge in [0.1, 0.15) is 12.4 Å². The van der Waals surface area contributed by atoms with E-state index in [1.165, 1.54) is 12.2 Å². The van der Waals surface area contributed by atoms with Crippen molar-refractivity contribution >= 4 is 17.7 Å². The minimum Gasteiger partial charge on any atom is -0.491 e. The van der Waals surface area contributed by atoms with Crippen molar-refractivity contribution in [2.75, 3.05) is 46.1 Å². The SMILES string of the molecule is Cc1nnc(-c2ccc(OCCOCCOCCNC(=O)CCN3C(=O)C=CC3=O)cc2)nn1. The number of amides is 3. The average Bonchev–Trinajstić information content (AvgIpc) is 3.16. The second-order valence-electron chi connectivity index (χ2n) is 7.13. The third-order valence-corrected chi connectivity index (χ3v) is 4.59. The van der Waals surface area contributed by atoms with Crippen LogP contribution in [-0.4, -0.2) is 89.1 Å². The highest BCUT2D eigenvalue weighted by Crippen LogP contribution is 2.18. The standard InChI is InChI=1S/C22H26N6O6/c1-16-24-26-22(27-25-16)17-2-4-18(5-3-17)34-15-14-33-13-12-32-11-9-23-19(29)8-10-28-20(30)6-7-21(28)31/h2-7H,8-15H2,1H3,(H,23,29). The predicted octanol–water partition coefficient (Wildman–Crippen LogP) is 0.0853. The van der Waals surface area contributed by atoms with Crippen LogP contribution in [0.3, 0.4) is 0 Å². The molecule has 0 saturated heterocycles. The van der Waals surface area contributed by atoms with Gasteiger partial charge < -0.3 is 19.5 Å². The van der Waals surface area contributed by atoms with Gasteiger partial charge in [0, 0.05) is 37.2 Å². The number of nitrogens with one attached hydrogen (secondary N) is 1. The van der Waals surface area contributed by atoms with Crippen LogP contribution in [0.4, 0.5) is 0 Å². The van der Waals surface area contributed by atoms with Gasteiger partial charge in [-0.2, -0.15) is 0 Å². The first kappa shape index (κ1) is 24.9. The zero-order valence-corrected chi connectivity index (χ0v) is 18.8. The number of imide groups is 1. The van der Waals surface area contributed by atoms with E-state index in [1.54, 1.807) is 6.92 Å². The molecule has 0 aliphatic carbocycles. The van der Waals surface area contributed by atoms with E-state index < -0.39 is 11.8 Å². The Labute approximate surface area is 196 Å². The Kier molecular flexibility index (Phi) is 9.55.